The van der Waals surface area contributed by atoms with Gasteiger partial charge in [-0.05, 0) is 55.0 Å². The minimum Gasteiger partial charge on any atom is -0.445 e. The van der Waals surface area contributed by atoms with E-state index in [4.69, 9.17) is 4.74 Å². The van der Waals surface area contributed by atoms with Crippen LogP contribution in [0.2, 0.25) is 0 Å². The van der Waals surface area contributed by atoms with Gasteiger partial charge in [0.2, 0.25) is 5.78 Å². The molecule has 0 heterocycles. The summed E-state index contributed by atoms with van der Waals surface area (Å²) in [5.41, 5.74) is 1.53. The maximum Gasteiger partial charge on any atom is 0.339 e. The Morgan fingerprint density at radius 1 is 0.806 bits per heavy atom. The SMILES string of the molecule is Cc1cc(F)ccc1S(=O)(=O)Nc1ccc(C(=O)OC(C(=O)c2ccccc2)c2ccccc2)cc1. The summed E-state index contributed by atoms with van der Waals surface area (Å²) in [6.45, 7) is 1.50. The molecule has 1 N–H and O–H groups in total. The molecule has 8 heteroatoms. The van der Waals surface area contributed by atoms with Crippen LogP contribution in [-0.2, 0) is 14.8 Å². The summed E-state index contributed by atoms with van der Waals surface area (Å²) < 4.78 is 46.8. The molecule has 1 unspecified atom stereocenters. The second-order valence-corrected chi connectivity index (χ2v) is 9.67. The molecule has 4 aromatic rings. The lowest BCUT2D eigenvalue weighted by atomic mass is 10.00. The molecule has 0 aliphatic rings. The smallest absolute Gasteiger partial charge is 0.339 e. The van der Waals surface area contributed by atoms with E-state index in [2.05, 4.69) is 4.72 Å². The molecule has 4 aromatic carbocycles. The Kier molecular flexibility index (Phi) is 7.26. The Morgan fingerprint density at radius 3 is 2.03 bits per heavy atom. The van der Waals surface area contributed by atoms with E-state index in [0.717, 1.165) is 12.1 Å². The van der Waals surface area contributed by atoms with Crippen molar-refractivity contribution < 1.29 is 27.1 Å². The van der Waals surface area contributed by atoms with Gasteiger partial charge in [-0.3, -0.25) is 9.52 Å². The number of nitrogens with one attached hydrogen (secondary N) is 1. The molecule has 0 aliphatic carbocycles. The van der Waals surface area contributed by atoms with Gasteiger partial charge in [-0.2, -0.15) is 0 Å². The Bertz CT molecular complexity index is 1490. The molecule has 0 amide bonds. The molecule has 0 bridgehead atoms. The lowest BCUT2D eigenvalue weighted by Crippen LogP contribution is -2.20. The number of hydrogen-bond acceptors (Lipinski definition) is 5. The number of carbonyl (C=O) groups excluding carboxylic acids is 2. The predicted octanol–water partition coefficient (Wildman–Crippen LogP) is 5.72. The monoisotopic (exact) mass is 503 g/mol. The molecule has 0 aromatic heterocycles. The maximum atomic E-state index is 13.3. The summed E-state index contributed by atoms with van der Waals surface area (Å²) in [7, 11) is -3.97. The Balaban J connectivity index is 1.53. The normalized spacial score (nSPS) is 11.9. The molecule has 0 saturated heterocycles. The van der Waals surface area contributed by atoms with Crippen LogP contribution in [0.1, 0.15) is 37.9 Å². The van der Waals surface area contributed by atoms with Crippen LogP contribution in [0.4, 0.5) is 10.1 Å². The third-order valence-electron chi connectivity index (χ3n) is 5.42. The van der Waals surface area contributed by atoms with Crippen LogP contribution in [0.25, 0.3) is 0 Å². The number of ether oxygens (including phenoxy) is 1. The zero-order valence-corrected chi connectivity index (χ0v) is 20.0. The fourth-order valence-corrected chi connectivity index (χ4v) is 4.91. The Morgan fingerprint density at radius 2 is 1.42 bits per heavy atom. The average molecular weight is 504 g/mol. The second-order valence-electron chi connectivity index (χ2n) is 8.02. The molecule has 4 rings (SSSR count). The molecule has 0 fully saturated rings. The summed E-state index contributed by atoms with van der Waals surface area (Å²) in [4.78, 5) is 26.0. The number of carbonyl (C=O) groups is 2. The fourth-order valence-electron chi connectivity index (χ4n) is 3.63. The predicted molar refractivity (Wildman–Crippen MR) is 134 cm³/mol. The second kappa shape index (κ2) is 10.5. The van der Waals surface area contributed by atoms with Crippen molar-refractivity contribution in [2.24, 2.45) is 0 Å². The third-order valence-corrected chi connectivity index (χ3v) is 6.96. The molecule has 0 aliphatic heterocycles. The van der Waals surface area contributed by atoms with Gasteiger partial charge in [-0.25, -0.2) is 17.6 Å². The summed E-state index contributed by atoms with van der Waals surface area (Å²) in [5, 5.41) is 0. The standard InChI is InChI=1S/C28H22FNO5S/c1-19-18-23(29)14-17-25(19)36(33,34)30-24-15-12-22(13-16-24)28(32)35-27(21-10-6-3-7-11-21)26(31)20-8-4-2-5-9-20/h2-18,27,30H,1H3. The summed E-state index contributed by atoms with van der Waals surface area (Å²) in [6, 6.07) is 26.2. The summed E-state index contributed by atoms with van der Waals surface area (Å²) in [5.74, 6) is -1.64. The van der Waals surface area contributed by atoms with Crippen LogP contribution >= 0.6 is 0 Å². The van der Waals surface area contributed by atoms with Gasteiger partial charge in [-0.15, -0.1) is 0 Å². The molecule has 36 heavy (non-hydrogen) atoms. The van der Waals surface area contributed by atoms with Crippen LogP contribution in [0.15, 0.2) is 108 Å². The van der Waals surface area contributed by atoms with Crippen molar-refractivity contribution in [3.63, 3.8) is 0 Å². The zero-order chi connectivity index (χ0) is 25.7. The minimum atomic E-state index is -3.97. The molecule has 0 radical (unpaired) electrons. The van der Waals surface area contributed by atoms with Gasteiger partial charge in [0.15, 0.2) is 6.10 Å². The molecule has 1 atom stereocenters. The molecule has 0 saturated carbocycles. The molecule has 0 spiro atoms. The van der Waals surface area contributed by atoms with E-state index < -0.39 is 27.9 Å². The summed E-state index contributed by atoms with van der Waals surface area (Å²) in [6.07, 6.45) is -1.15. The first-order valence-corrected chi connectivity index (χ1v) is 12.5. The summed E-state index contributed by atoms with van der Waals surface area (Å²) >= 11 is 0. The number of hydrogen-bond donors (Lipinski definition) is 1. The van der Waals surface area contributed by atoms with E-state index in [0.29, 0.717) is 11.1 Å². The Labute approximate surface area is 208 Å². The van der Waals surface area contributed by atoms with Crippen LogP contribution in [0.3, 0.4) is 0 Å². The number of Topliss-reactive ketones (excluding diaryl/α,β-unsaturated/α-hetero) is 1. The number of rotatable bonds is 8. The van der Waals surface area contributed by atoms with E-state index in [9.17, 15) is 22.4 Å². The van der Waals surface area contributed by atoms with Crippen LogP contribution in [-0.4, -0.2) is 20.2 Å². The largest absolute Gasteiger partial charge is 0.445 e. The number of anilines is 1. The minimum absolute atomic E-state index is 0.0579. The first kappa shape index (κ1) is 24.8. The van der Waals surface area contributed by atoms with Crippen molar-refractivity contribution in [3.8, 4) is 0 Å². The number of benzene rings is 4. The highest BCUT2D eigenvalue weighted by Gasteiger charge is 2.27. The van der Waals surface area contributed by atoms with Crippen molar-refractivity contribution >= 4 is 27.5 Å². The van der Waals surface area contributed by atoms with Gasteiger partial charge in [0.05, 0.1) is 10.5 Å². The highest BCUT2D eigenvalue weighted by Crippen LogP contribution is 2.25. The van der Waals surface area contributed by atoms with Crippen molar-refractivity contribution in [1.29, 1.82) is 0 Å². The van der Waals surface area contributed by atoms with E-state index >= 15 is 0 Å². The maximum absolute atomic E-state index is 13.3. The van der Waals surface area contributed by atoms with Crippen LogP contribution in [0, 0.1) is 12.7 Å². The molecule has 182 valence electrons. The van der Waals surface area contributed by atoms with Crippen LogP contribution in [0.5, 0.6) is 0 Å². The van der Waals surface area contributed by atoms with Crippen LogP contribution < -0.4 is 4.72 Å². The first-order chi connectivity index (χ1) is 17.2. The van der Waals surface area contributed by atoms with Crippen molar-refractivity contribution in [1.82, 2.24) is 0 Å². The van der Waals surface area contributed by atoms with Gasteiger partial charge < -0.3 is 4.74 Å². The number of halogens is 1. The highest BCUT2D eigenvalue weighted by molar-refractivity contribution is 7.92. The van der Waals surface area contributed by atoms with Crippen molar-refractivity contribution in [3.05, 3.63) is 131 Å². The van der Waals surface area contributed by atoms with Crippen molar-refractivity contribution in [2.75, 3.05) is 4.72 Å². The molecular formula is C28H22FNO5S. The lowest BCUT2D eigenvalue weighted by Gasteiger charge is -2.18. The van der Waals surface area contributed by atoms with Gasteiger partial charge in [0, 0.05) is 16.8 Å². The zero-order valence-electron chi connectivity index (χ0n) is 19.2. The topological polar surface area (TPSA) is 89.5 Å². The lowest BCUT2D eigenvalue weighted by molar-refractivity contribution is 0.0280. The number of ketones is 1. The van der Waals surface area contributed by atoms with E-state index in [1.807, 2.05) is 0 Å². The quantitative estimate of drug-likeness (QED) is 0.246. The third kappa shape index (κ3) is 5.67. The number of aryl methyl sites for hydroxylation is 1. The average Bonchev–Trinajstić information content (AvgIpc) is 2.87. The fraction of sp³-hybridized carbons (Fsp3) is 0.0714. The van der Waals surface area contributed by atoms with E-state index in [1.54, 1.807) is 60.7 Å². The van der Waals surface area contributed by atoms with Gasteiger partial charge in [-0.1, -0.05) is 60.7 Å². The van der Waals surface area contributed by atoms with Gasteiger partial charge >= 0.3 is 5.97 Å². The van der Waals surface area contributed by atoms with E-state index in [1.165, 1.54) is 37.3 Å². The first-order valence-electron chi connectivity index (χ1n) is 11.0. The number of sulfonamides is 1. The van der Waals surface area contributed by atoms with E-state index in [-0.39, 0.29) is 27.5 Å². The van der Waals surface area contributed by atoms with Gasteiger partial charge in [0.25, 0.3) is 10.0 Å². The Hall–Kier alpha value is -4.30. The van der Waals surface area contributed by atoms with Gasteiger partial charge in [0.1, 0.15) is 5.82 Å². The molecule has 6 nitrogen and oxygen atoms in total. The highest BCUT2D eigenvalue weighted by atomic mass is 32.2. The molecular weight excluding hydrogens is 481 g/mol. The van der Waals surface area contributed by atoms with Crippen molar-refractivity contribution in [2.45, 2.75) is 17.9 Å². The number of esters is 1.